The van der Waals surface area contributed by atoms with Gasteiger partial charge in [0, 0.05) is 17.7 Å². The number of ketones is 1. The molecule has 0 aromatic rings. The molecule has 1 N–H and O–H groups in total. The Hall–Kier alpha value is -0.920. The van der Waals surface area contributed by atoms with E-state index in [0.717, 1.165) is 18.4 Å². The second-order valence-electron chi connectivity index (χ2n) is 3.14. The normalized spacial score (nSPS) is 25.6. The van der Waals surface area contributed by atoms with Gasteiger partial charge >= 0.3 is 0 Å². The number of carbonyl (C=O) groups is 1. The van der Waals surface area contributed by atoms with Crippen LogP contribution >= 0.6 is 0 Å². The second kappa shape index (κ2) is 2.99. The topological polar surface area (TPSA) is 40.9 Å². The number of hydrogen-bond acceptors (Lipinski definition) is 2. The van der Waals surface area contributed by atoms with Crippen LogP contribution in [0.1, 0.15) is 26.7 Å². The quantitative estimate of drug-likeness (QED) is 0.572. The minimum absolute atomic E-state index is 0.121. The second-order valence-corrected chi connectivity index (χ2v) is 3.14. The highest BCUT2D eigenvalue weighted by molar-refractivity contribution is 6.14. The van der Waals surface area contributed by atoms with Crippen molar-refractivity contribution >= 4 is 12.0 Å². The first kappa shape index (κ1) is 8.18. The van der Waals surface area contributed by atoms with Crippen LogP contribution in [-0.2, 0) is 4.79 Å². The summed E-state index contributed by atoms with van der Waals surface area (Å²) in [5, 5.41) is 7.04. The highest BCUT2D eigenvalue weighted by atomic mass is 16.1. The van der Waals surface area contributed by atoms with E-state index in [2.05, 4.69) is 0 Å². The standard InChI is InChI=1S/C9H13NO/c1-6-3-4-7(2)9(11)8(6)5-10/h5,7,10H,3-4H2,1-2H3. The van der Waals surface area contributed by atoms with Crippen LogP contribution < -0.4 is 0 Å². The van der Waals surface area contributed by atoms with Gasteiger partial charge in [-0.25, -0.2) is 0 Å². The van der Waals surface area contributed by atoms with Gasteiger partial charge in [0.25, 0.3) is 0 Å². The molecule has 0 bridgehead atoms. The molecule has 60 valence electrons. The number of hydrogen-bond donors (Lipinski definition) is 1. The molecule has 0 heterocycles. The van der Waals surface area contributed by atoms with E-state index < -0.39 is 0 Å². The van der Waals surface area contributed by atoms with E-state index in [-0.39, 0.29) is 11.7 Å². The Balaban J connectivity index is 2.98. The molecule has 2 heteroatoms. The van der Waals surface area contributed by atoms with Crippen LogP contribution in [0, 0.1) is 11.3 Å². The number of nitrogens with one attached hydrogen (secondary N) is 1. The summed E-state index contributed by atoms with van der Waals surface area (Å²) in [5.74, 6) is 0.263. The van der Waals surface area contributed by atoms with Gasteiger partial charge in [-0.05, 0) is 19.8 Å². The fourth-order valence-electron chi connectivity index (χ4n) is 1.37. The van der Waals surface area contributed by atoms with E-state index >= 15 is 0 Å². The Morgan fingerprint density at radius 2 is 2.27 bits per heavy atom. The Morgan fingerprint density at radius 1 is 1.64 bits per heavy atom. The van der Waals surface area contributed by atoms with Crippen LogP contribution in [0.4, 0.5) is 0 Å². The van der Waals surface area contributed by atoms with Gasteiger partial charge in [-0.15, -0.1) is 0 Å². The number of Topliss-reactive ketones (excluding diaryl/α,β-unsaturated/α-hetero) is 1. The van der Waals surface area contributed by atoms with Crippen LogP contribution in [0.2, 0.25) is 0 Å². The van der Waals surface area contributed by atoms with Crippen molar-refractivity contribution in [1.29, 1.82) is 5.41 Å². The molecule has 11 heavy (non-hydrogen) atoms. The van der Waals surface area contributed by atoms with Crippen LogP contribution in [0.3, 0.4) is 0 Å². The van der Waals surface area contributed by atoms with Gasteiger partial charge in [-0.1, -0.05) is 12.5 Å². The molecule has 0 saturated carbocycles. The third kappa shape index (κ3) is 1.39. The Morgan fingerprint density at radius 3 is 2.73 bits per heavy atom. The average Bonchev–Trinajstić information content (AvgIpc) is 1.99. The van der Waals surface area contributed by atoms with Gasteiger partial charge in [0.2, 0.25) is 0 Å². The monoisotopic (exact) mass is 151 g/mol. The summed E-state index contributed by atoms with van der Waals surface area (Å²) in [6.45, 7) is 3.86. The molecule has 1 atom stereocenters. The van der Waals surface area contributed by atoms with E-state index in [1.54, 1.807) is 0 Å². The lowest BCUT2D eigenvalue weighted by atomic mass is 9.85. The summed E-state index contributed by atoms with van der Waals surface area (Å²) < 4.78 is 0. The molecule has 0 amide bonds. The summed E-state index contributed by atoms with van der Waals surface area (Å²) >= 11 is 0. The van der Waals surface area contributed by atoms with Crippen LogP contribution in [0.5, 0.6) is 0 Å². The van der Waals surface area contributed by atoms with Crippen molar-refractivity contribution in [2.24, 2.45) is 5.92 Å². The van der Waals surface area contributed by atoms with Crippen LogP contribution in [-0.4, -0.2) is 12.0 Å². The van der Waals surface area contributed by atoms with E-state index in [9.17, 15) is 4.79 Å². The molecule has 0 saturated heterocycles. The largest absolute Gasteiger partial charge is 0.308 e. The Kier molecular flexibility index (Phi) is 2.22. The highest BCUT2D eigenvalue weighted by Crippen LogP contribution is 2.24. The van der Waals surface area contributed by atoms with Crippen LogP contribution in [0.15, 0.2) is 11.1 Å². The molecule has 1 rings (SSSR count). The zero-order valence-electron chi connectivity index (χ0n) is 6.98. The third-order valence-corrected chi connectivity index (χ3v) is 2.27. The average molecular weight is 151 g/mol. The third-order valence-electron chi connectivity index (χ3n) is 2.27. The van der Waals surface area contributed by atoms with Crippen LogP contribution in [0.25, 0.3) is 0 Å². The highest BCUT2D eigenvalue weighted by Gasteiger charge is 2.22. The maximum atomic E-state index is 11.4. The minimum Gasteiger partial charge on any atom is -0.308 e. The molecule has 0 aromatic carbocycles. The Bertz CT molecular complexity index is 228. The first-order valence-corrected chi connectivity index (χ1v) is 3.91. The zero-order valence-corrected chi connectivity index (χ0v) is 6.98. The maximum Gasteiger partial charge on any atom is 0.167 e. The molecule has 0 fully saturated rings. The van der Waals surface area contributed by atoms with Crippen molar-refractivity contribution in [2.75, 3.05) is 0 Å². The number of allylic oxidation sites excluding steroid dienone is 2. The van der Waals surface area contributed by atoms with E-state index in [1.165, 1.54) is 6.21 Å². The van der Waals surface area contributed by atoms with E-state index in [4.69, 9.17) is 5.41 Å². The first-order valence-electron chi connectivity index (χ1n) is 3.91. The number of carbonyl (C=O) groups excluding carboxylic acids is 1. The summed E-state index contributed by atoms with van der Waals surface area (Å²) in [7, 11) is 0. The lowest BCUT2D eigenvalue weighted by molar-refractivity contribution is -0.118. The van der Waals surface area contributed by atoms with Gasteiger partial charge in [0.05, 0.1) is 0 Å². The van der Waals surface area contributed by atoms with Gasteiger partial charge in [0.1, 0.15) is 0 Å². The van der Waals surface area contributed by atoms with Gasteiger partial charge in [0.15, 0.2) is 5.78 Å². The SMILES string of the molecule is CC1=C(C=N)C(=O)C(C)CC1. The maximum absolute atomic E-state index is 11.4. The number of rotatable bonds is 1. The molecule has 0 aromatic heterocycles. The van der Waals surface area contributed by atoms with Gasteiger partial charge in [-0.3, -0.25) is 4.79 Å². The smallest absolute Gasteiger partial charge is 0.167 e. The minimum atomic E-state index is 0.121. The Labute approximate surface area is 66.8 Å². The van der Waals surface area contributed by atoms with Crippen molar-refractivity contribution < 1.29 is 4.79 Å². The lowest BCUT2D eigenvalue weighted by Crippen LogP contribution is -2.20. The summed E-state index contributed by atoms with van der Waals surface area (Å²) in [4.78, 5) is 11.4. The molecule has 1 unspecified atom stereocenters. The van der Waals surface area contributed by atoms with E-state index in [1.807, 2.05) is 13.8 Å². The predicted octanol–water partition coefficient (Wildman–Crippen LogP) is 1.95. The fourth-order valence-corrected chi connectivity index (χ4v) is 1.37. The van der Waals surface area contributed by atoms with Crippen molar-refractivity contribution in [1.82, 2.24) is 0 Å². The van der Waals surface area contributed by atoms with Crippen molar-refractivity contribution in [3.05, 3.63) is 11.1 Å². The molecule has 0 radical (unpaired) electrons. The molecule has 0 spiro atoms. The molecule has 2 nitrogen and oxygen atoms in total. The van der Waals surface area contributed by atoms with E-state index in [0.29, 0.717) is 5.57 Å². The summed E-state index contributed by atoms with van der Waals surface area (Å²) in [6, 6.07) is 0. The van der Waals surface area contributed by atoms with Crippen molar-refractivity contribution in [3.8, 4) is 0 Å². The molecule has 0 aliphatic heterocycles. The van der Waals surface area contributed by atoms with Gasteiger partial charge < -0.3 is 5.41 Å². The predicted molar refractivity (Wildman–Crippen MR) is 44.9 cm³/mol. The fraction of sp³-hybridized carbons (Fsp3) is 0.556. The molecular weight excluding hydrogens is 138 g/mol. The summed E-state index contributed by atoms with van der Waals surface area (Å²) in [6.07, 6.45) is 3.10. The zero-order chi connectivity index (χ0) is 8.43. The first-order chi connectivity index (χ1) is 5.16. The van der Waals surface area contributed by atoms with Crippen molar-refractivity contribution in [2.45, 2.75) is 26.7 Å². The lowest BCUT2D eigenvalue weighted by Gasteiger charge is -2.18. The van der Waals surface area contributed by atoms with Crippen molar-refractivity contribution in [3.63, 3.8) is 0 Å². The molecular formula is C9H13NO. The summed E-state index contributed by atoms with van der Waals surface area (Å²) in [5.41, 5.74) is 1.70. The van der Waals surface area contributed by atoms with Gasteiger partial charge in [-0.2, -0.15) is 0 Å². The molecule has 1 aliphatic rings. The molecule has 1 aliphatic carbocycles.